The lowest BCUT2D eigenvalue weighted by atomic mass is 10.1. The van der Waals surface area contributed by atoms with Crippen molar-refractivity contribution < 1.29 is 27.5 Å². The predicted molar refractivity (Wildman–Crippen MR) is 93.2 cm³/mol. The van der Waals surface area contributed by atoms with E-state index in [1.165, 1.54) is 12.4 Å². The molecule has 148 valence electrons. The van der Waals surface area contributed by atoms with E-state index in [0.717, 1.165) is 18.4 Å². The standard InChI is InChI=1S/C18H18F3N4O3/c1-25(2,17(27)14-10-28-16(9-26)23-14)15-8-24(11-22-15)7-12-4-3-5-13(6-12)18(19,20)21/h3-6,8,10-11,26H,7,9H2,1-2H3/q+1. The smallest absolute Gasteiger partial charge is 0.416 e. The van der Waals surface area contributed by atoms with Crippen molar-refractivity contribution in [2.45, 2.75) is 19.3 Å². The van der Waals surface area contributed by atoms with Gasteiger partial charge in [-0.3, -0.25) is 0 Å². The molecule has 2 heterocycles. The normalized spacial score (nSPS) is 12.4. The van der Waals surface area contributed by atoms with E-state index in [-0.39, 0.29) is 22.6 Å². The first-order valence-corrected chi connectivity index (χ1v) is 8.24. The van der Waals surface area contributed by atoms with E-state index >= 15 is 0 Å². The van der Waals surface area contributed by atoms with Crippen LogP contribution in [0.3, 0.4) is 0 Å². The largest absolute Gasteiger partial charge is 0.445 e. The number of amides is 1. The summed E-state index contributed by atoms with van der Waals surface area (Å²) < 4.78 is 44.9. The van der Waals surface area contributed by atoms with E-state index in [0.29, 0.717) is 11.4 Å². The summed E-state index contributed by atoms with van der Waals surface area (Å²) in [7, 11) is 3.21. The number of halogens is 3. The molecular weight excluding hydrogens is 377 g/mol. The summed E-state index contributed by atoms with van der Waals surface area (Å²) in [6.45, 7) is -0.254. The number of aliphatic hydroxyl groups excluding tert-OH is 1. The molecule has 3 aromatic rings. The summed E-state index contributed by atoms with van der Waals surface area (Å²) in [5, 5.41) is 9.01. The number of oxazole rings is 1. The maximum absolute atomic E-state index is 12.9. The van der Waals surface area contributed by atoms with Crippen LogP contribution >= 0.6 is 0 Å². The van der Waals surface area contributed by atoms with Crippen LogP contribution in [0.4, 0.5) is 19.0 Å². The zero-order valence-corrected chi connectivity index (χ0v) is 15.1. The highest BCUT2D eigenvalue weighted by Crippen LogP contribution is 2.30. The minimum absolute atomic E-state index is 0.0263. The monoisotopic (exact) mass is 395 g/mol. The van der Waals surface area contributed by atoms with Gasteiger partial charge in [0, 0.05) is 6.54 Å². The molecular formula is C18H18F3N4O3+. The first kappa shape index (κ1) is 19.8. The minimum atomic E-state index is -4.41. The molecule has 1 aromatic carbocycles. The molecule has 2 aromatic heterocycles. The molecule has 0 aliphatic carbocycles. The lowest BCUT2D eigenvalue weighted by molar-refractivity contribution is -0.137. The van der Waals surface area contributed by atoms with Crippen LogP contribution in [0.2, 0.25) is 0 Å². The summed E-state index contributed by atoms with van der Waals surface area (Å²) in [6.07, 6.45) is -0.212. The summed E-state index contributed by atoms with van der Waals surface area (Å²) in [6, 6.07) is 5.03. The van der Waals surface area contributed by atoms with Gasteiger partial charge in [-0.25, -0.2) is 14.3 Å². The lowest BCUT2D eigenvalue weighted by Crippen LogP contribution is -2.47. The number of carbonyl (C=O) groups excluding carboxylic acids is 1. The molecule has 1 N–H and O–H groups in total. The van der Waals surface area contributed by atoms with E-state index < -0.39 is 24.3 Å². The molecule has 0 unspecified atom stereocenters. The van der Waals surface area contributed by atoms with Crippen LogP contribution in [0.25, 0.3) is 0 Å². The van der Waals surface area contributed by atoms with E-state index in [4.69, 9.17) is 9.52 Å². The second-order valence-corrected chi connectivity index (χ2v) is 6.65. The highest BCUT2D eigenvalue weighted by atomic mass is 19.4. The van der Waals surface area contributed by atoms with Gasteiger partial charge in [0.1, 0.15) is 19.2 Å². The first-order chi connectivity index (χ1) is 13.1. The Balaban J connectivity index is 1.80. The third kappa shape index (κ3) is 3.97. The average Bonchev–Trinajstić information content (AvgIpc) is 3.30. The van der Waals surface area contributed by atoms with Gasteiger partial charge >= 0.3 is 12.1 Å². The first-order valence-electron chi connectivity index (χ1n) is 8.24. The highest BCUT2D eigenvalue weighted by molar-refractivity contribution is 5.99. The van der Waals surface area contributed by atoms with Crippen molar-refractivity contribution in [2.24, 2.45) is 0 Å². The quantitative estimate of drug-likeness (QED) is 0.672. The molecule has 28 heavy (non-hydrogen) atoms. The zero-order valence-electron chi connectivity index (χ0n) is 15.1. The number of benzene rings is 1. The molecule has 0 spiro atoms. The number of hydrogen-bond acceptors (Lipinski definition) is 5. The molecule has 0 atom stereocenters. The van der Waals surface area contributed by atoms with Crippen LogP contribution in [0, 0.1) is 0 Å². The van der Waals surface area contributed by atoms with Crippen molar-refractivity contribution >= 4 is 11.7 Å². The van der Waals surface area contributed by atoms with Gasteiger partial charge in [0.15, 0.2) is 0 Å². The molecule has 0 saturated heterocycles. The number of alkyl halides is 3. The van der Waals surface area contributed by atoms with Gasteiger partial charge in [0.2, 0.25) is 11.6 Å². The van der Waals surface area contributed by atoms with Crippen LogP contribution in [0.1, 0.15) is 27.5 Å². The Morgan fingerprint density at radius 3 is 2.71 bits per heavy atom. The van der Waals surface area contributed by atoms with Gasteiger partial charge in [-0.2, -0.15) is 18.2 Å². The van der Waals surface area contributed by atoms with Gasteiger partial charge in [-0.1, -0.05) is 12.1 Å². The zero-order chi connectivity index (χ0) is 20.5. The van der Waals surface area contributed by atoms with Crippen molar-refractivity contribution in [3.63, 3.8) is 0 Å². The van der Waals surface area contributed by atoms with Crippen LogP contribution in [-0.4, -0.2) is 39.6 Å². The summed E-state index contributed by atoms with van der Waals surface area (Å²) in [5.41, 5.74) is -0.219. The lowest BCUT2D eigenvalue weighted by Gasteiger charge is -2.22. The Hall–Kier alpha value is -2.98. The maximum atomic E-state index is 12.9. The third-order valence-electron chi connectivity index (χ3n) is 4.23. The molecule has 0 fully saturated rings. The predicted octanol–water partition coefficient (Wildman–Crippen LogP) is 2.84. The van der Waals surface area contributed by atoms with Crippen LogP contribution in [-0.2, 0) is 19.3 Å². The second kappa shape index (κ2) is 7.21. The van der Waals surface area contributed by atoms with E-state index in [2.05, 4.69) is 9.97 Å². The van der Waals surface area contributed by atoms with Gasteiger partial charge in [-0.05, 0) is 17.7 Å². The second-order valence-electron chi connectivity index (χ2n) is 6.65. The third-order valence-corrected chi connectivity index (χ3v) is 4.23. The fraction of sp³-hybridized carbons (Fsp3) is 0.278. The number of aliphatic hydroxyl groups is 1. The van der Waals surface area contributed by atoms with E-state index in [1.54, 1.807) is 30.9 Å². The van der Waals surface area contributed by atoms with Crippen LogP contribution in [0.15, 0.2) is 47.5 Å². The van der Waals surface area contributed by atoms with E-state index in [1.807, 2.05) is 0 Å². The molecule has 3 rings (SSSR count). The fourth-order valence-electron chi connectivity index (χ4n) is 2.65. The minimum Gasteiger partial charge on any atom is -0.445 e. The molecule has 10 heteroatoms. The van der Waals surface area contributed by atoms with Crippen LogP contribution in [0.5, 0.6) is 0 Å². The number of nitrogens with zero attached hydrogens (tertiary/aromatic N) is 4. The molecule has 0 bridgehead atoms. The van der Waals surface area contributed by atoms with Crippen LogP contribution < -0.4 is 4.48 Å². The van der Waals surface area contributed by atoms with Gasteiger partial charge in [0.25, 0.3) is 5.82 Å². The molecule has 0 aliphatic heterocycles. The number of hydrogen-bond donors (Lipinski definition) is 1. The highest BCUT2D eigenvalue weighted by Gasteiger charge is 2.35. The molecule has 0 saturated carbocycles. The molecule has 0 aliphatic rings. The number of quaternary nitrogens is 1. The number of imidazole rings is 1. The van der Waals surface area contributed by atoms with E-state index in [9.17, 15) is 18.0 Å². The Kier molecular flexibility index (Phi) is 5.09. The Morgan fingerprint density at radius 2 is 2.07 bits per heavy atom. The average molecular weight is 395 g/mol. The Morgan fingerprint density at radius 1 is 1.32 bits per heavy atom. The van der Waals surface area contributed by atoms with Crippen molar-refractivity contribution in [2.75, 3.05) is 14.1 Å². The molecule has 0 radical (unpaired) electrons. The maximum Gasteiger partial charge on any atom is 0.416 e. The number of aromatic nitrogens is 3. The van der Waals surface area contributed by atoms with Crippen molar-refractivity contribution in [3.8, 4) is 0 Å². The van der Waals surface area contributed by atoms with Gasteiger partial charge in [0.05, 0.1) is 25.9 Å². The Bertz CT molecular complexity index is 992. The van der Waals surface area contributed by atoms with Crippen molar-refractivity contribution in [3.05, 3.63) is 65.8 Å². The number of rotatable bonds is 5. The number of carbonyl (C=O) groups is 1. The summed E-state index contributed by atoms with van der Waals surface area (Å²) >= 11 is 0. The SMILES string of the molecule is C[N+](C)(C(=O)c1coc(CO)n1)c1cn(Cc2cccc(C(F)(F)F)c2)cn1. The van der Waals surface area contributed by atoms with Gasteiger partial charge in [-0.15, -0.1) is 0 Å². The topological polar surface area (TPSA) is 81.1 Å². The Labute approximate surface area is 158 Å². The van der Waals surface area contributed by atoms with Gasteiger partial charge < -0.3 is 14.1 Å². The van der Waals surface area contributed by atoms with Crippen molar-refractivity contribution in [1.29, 1.82) is 0 Å². The fourth-order valence-corrected chi connectivity index (χ4v) is 2.65. The molecule has 7 nitrogen and oxygen atoms in total. The molecule has 1 amide bonds. The van der Waals surface area contributed by atoms with Crippen molar-refractivity contribution in [1.82, 2.24) is 19.0 Å². The summed E-state index contributed by atoms with van der Waals surface area (Å²) in [5.74, 6) is -0.00304. The summed E-state index contributed by atoms with van der Waals surface area (Å²) in [4.78, 5) is 20.8.